The second-order valence-corrected chi connectivity index (χ2v) is 10.5. The molecule has 1 amide bonds. The first kappa shape index (κ1) is 22.7. The molecule has 1 unspecified atom stereocenters. The van der Waals surface area contributed by atoms with Crippen molar-refractivity contribution >= 4 is 17.8 Å². The quantitative estimate of drug-likeness (QED) is 0.646. The number of carbonyl (C=O) groups is 3. The largest absolute Gasteiger partial charge is 0.457 e. The predicted octanol–water partition coefficient (Wildman–Crippen LogP) is 1.61. The van der Waals surface area contributed by atoms with Crippen molar-refractivity contribution < 1.29 is 33.7 Å². The van der Waals surface area contributed by atoms with E-state index >= 15 is 0 Å². The SMILES string of the molecule is CC1=C(N2CCC3(C[C@H]4COC[C@@H](C3)N4C[C@@H](O)c3ccc4c(c3C)COC4=O)C2=O)COC1=O. The smallest absolute Gasteiger partial charge is 0.338 e. The third kappa shape index (κ3) is 3.43. The Morgan fingerprint density at radius 3 is 2.46 bits per heavy atom. The molecule has 3 saturated heterocycles. The molecule has 1 N–H and O–H groups in total. The third-order valence-electron chi connectivity index (χ3n) is 8.68. The molecule has 0 aromatic heterocycles. The van der Waals surface area contributed by atoms with Gasteiger partial charge >= 0.3 is 11.9 Å². The second kappa shape index (κ2) is 8.15. The normalized spacial score (nSPS) is 31.3. The van der Waals surface area contributed by atoms with E-state index in [-0.39, 0.29) is 43.1 Å². The summed E-state index contributed by atoms with van der Waals surface area (Å²) in [4.78, 5) is 41.5. The molecule has 6 rings (SSSR count). The van der Waals surface area contributed by atoms with Gasteiger partial charge in [0.25, 0.3) is 0 Å². The molecule has 186 valence electrons. The van der Waals surface area contributed by atoms with E-state index in [1.807, 2.05) is 13.0 Å². The lowest BCUT2D eigenvalue weighted by Gasteiger charge is -2.52. The third-order valence-corrected chi connectivity index (χ3v) is 8.68. The molecule has 5 heterocycles. The molecule has 2 bridgehead atoms. The van der Waals surface area contributed by atoms with Crippen LogP contribution in [0.5, 0.6) is 0 Å². The number of hydrogen-bond acceptors (Lipinski definition) is 8. The van der Waals surface area contributed by atoms with Gasteiger partial charge in [0.15, 0.2) is 0 Å². The maximum Gasteiger partial charge on any atom is 0.338 e. The lowest BCUT2D eigenvalue weighted by molar-refractivity contribution is -0.152. The van der Waals surface area contributed by atoms with Gasteiger partial charge in [-0.15, -0.1) is 0 Å². The number of piperidine rings is 1. The lowest BCUT2D eigenvalue weighted by atomic mass is 9.70. The average Bonchev–Trinajstić information content (AvgIpc) is 3.46. The van der Waals surface area contributed by atoms with Gasteiger partial charge in [-0.05, 0) is 50.3 Å². The van der Waals surface area contributed by atoms with E-state index in [0.717, 1.165) is 23.1 Å². The van der Waals surface area contributed by atoms with Crippen LogP contribution in [0.15, 0.2) is 23.4 Å². The summed E-state index contributed by atoms with van der Waals surface area (Å²) in [5.74, 6) is -0.575. The first-order valence-electron chi connectivity index (χ1n) is 12.3. The highest BCUT2D eigenvalue weighted by molar-refractivity contribution is 5.94. The van der Waals surface area contributed by atoms with Crippen molar-refractivity contribution in [3.8, 4) is 0 Å². The average molecular weight is 483 g/mol. The summed E-state index contributed by atoms with van der Waals surface area (Å²) in [6.45, 7) is 6.13. The molecule has 0 saturated carbocycles. The van der Waals surface area contributed by atoms with Gasteiger partial charge in [0.1, 0.15) is 13.2 Å². The molecule has 1 spiro atoms. The number of benzene rings is 1. The molecule has 9 nitrogen and oxygen atoms in total. The van der Waals surface area contributed by atoms with Crippen LogP contribution in [-0.4, -0.2) is 77.7 Å². The number of carbonyl (C=O) groups excluding carboxylic acids is 3. The highest BCUT2D eigenvalue weighted by Crippen LogP contribution is 2.49. The molecule has 35 heavy (non-hydrogen) atoms. The predicted molar refractivity (Wildman–Crippen MR) is 122 cm³/mol. The summed E-state index contributed by atoms with van der Waals surface area (Å²) in [5, 5.41) is 11.2. The molecule has 0 aliphatic carbocycles. The molecule has 1 aromatic rings. The van der Waals surface area contributed by atoms with Crippen molar-refractivity contribution in [3.05, 3.63) is 45.7 Å². The first-order chi connectivity index (χ1) is 16.8. The first-order valence-corrected chi connectivity index (χ1v) is 12.3. The zero-order valence-electron chi connectivity index (χ0n) is 20.0. The van der Waals surface area contributed by atoms with E-state index in [4.69, 9.17) is 14.2 Å². The number of fused-ring (bicyclic) bond motifs is 3. The zero-order chi connectivity index (χ0) is 24.5. The zero-order valence-corrected chi connectivity index (χ0v) is 20.0. The topological polar surface area (TPSA) is 106 Å². The maximum absolute atomic E-state index is 13.7. The number of esters is 2. The summed E-state index contributed by atoms with van der Waals surface area (Å²) in [6.07, 6.45) is 1.35. The number of ether oxygens (including phenoxy) is 3. The van der Waals surface area contributed by atoms with Gasteiger partial charge in [0.2, 0.25) is 5.91 Å². The standard InChI is InChI=1S/C26H30N2O7/c1-14-18(3-4-19-20(14)12-34-24(19)31)22(29)9-28-16-7-26(8-17(28)11-33-10-16)5-6-27(25(26)32)21-13-35-23(30)15(21)2/h3-4,16-17,22,29H,5-13H2,1-2H3/t16-,17+,22-,26?/m1/s1. The summed E-state index contributed by atoms with van der Waals surface area (Å²) in [6, 6.07) is 3.61. The van der Waals surface area contributed by atoms with Gasteiger partial charge in [-0.25, -0.2) is 9.59 Å². The van der Waals surface area contributed by atoms with Crippen molar-refractivity contribution in [2.75, 3.05) is 32.9 Å². The number of aliphatic hydroxyl groups excluding tert-OH is 1. The molecule has 3 fully saturated rings. The van der Waals surface area contributed by atoms with Crippen LogP contribution in [-0.2, 0) is 30.4 Å². The minimum absolute atomic E-state index is 0.0252. The van der Waals surface area contributed by atoms with Gasteiger partial charge in [-0.1, -0.05) is 6.07 Å². The summed E-state index contributed by atoms with van der Waals surface area (Å²) < 4.78 is 16.2. The van der Waals surface area contributed by atoms with E-state index in [2.05, 4.69) is 4.90 Å². The van der Waals surface area contributed by atoms with Gasteiger partial charge < -0.3 is 24.2 Å². The number of cyclic esters (lactones) is 2. The lowest BCUT2D eigenvalue weighted by Crippen LogP contribution is -2.61. The van der Waals surface area contributed by atoms with Gasteiger partial charge in [-0.2, -0.15) is 0 Å². The Labute approximate surface area is 203 Å². The van der Waals surface area contributed by atoms with Crippen LogP contribution in [0.1, 0.15) is 59.3 Å². The van der Waals surface area contributed by atoms with Gasteiger partial charge in [0, 0.05) is 30.7 Å². The van der Waals surface area contributed by atoms with E-state index in [1.165, 1.54) is 0 Å². The molecule has 0 radical (unpaired) electrons. The number of likely N-dealkylation sites (tertiary alicyclic amines) is 1. The number of aliphatic hydroxyl groups is 1. The molecular weight excluding hydrogens is 452 g/mol. The van der Waals surface area contributed by atoms with Crippen LogP contribution >= 0.6 is 0 Å². The van der Waals surface area contributed by atoms with Crippen molar-refractivity contribution in [1.29, 1.82) is 0 Å². The Hall–Kier alpha value is -2.75. The Morgan fingerprint density at radius 1 is 1.06 bits per heavy atom. The van der Waals surface area contributed by atoms with Gasteiger partial charge in [-0.3, -0.25) is 9.69 Å². The molecule has 5 aliphatic rings. The van der Waals surface area contributed by atoms with Crippen LogP contribution in [0.25, 0.3) is 0 Å². The number of rotatable bonds is 4. The van der Waals surface area contributed by atoms with Crippen LogP contribution in [0.3, 0.4) is 0 Å². The molecule has 5 aliphatic heterocycles. The molecular formula is C26H30N2O7. The van der Waals surface area contributed by atoms with Crippen molar-refractivity contribution in [2.24, 2.45) is 5.41 Å². The molecule has 9 heteroatoms. The van der Waals surface area contributed by atoms with Crippen LogP contribution in [0.4, 0.5) is 0 Å². The van der Waals surface area contributed by atoms with Crippen LogP contribution < -0.4 is 0 Å². The van der Waals surface area contributed by atoms with Crippen molar-refractivity contribution in [3.63, 3.8) is 0 Å². The van der Waals surface area contributed by atoms with E-state index in [9.17, 15) is 19.5 Å². The Kier molecular flexibility index (Phi) is 5.28. The van der Waals surface area contributed by atoms with Gasteiger partial charge in [0.05, 0.1) is 41.6 Å². The Morgan fingerprint density at radius 2 is 1.77 bits per heavy atom. The van der Waals surface area contributed by atoms with E-state index in [1.54, 1.807) is 17.9 Å². The fourth-order valence-corrected chi connectivity index (χ4v) is 6.70. The van der Waals surface area contributed by atoms with E-state index < -0.39 is 11.5 Å². The second-order valence-electron chi connectivity index (χ2n) is 10.5. The monoisotopic (exact) mass is 482 g/mol. The minimum atomic E-state index is -0.724. The summed E-state index contributed by atoms with van der Waals surface area (Å²) >= 11 is 0. The number of hydrogen-bond donors (Lipinski definition) is 1. The number of nitrogens with zero attached hydrogens (tertiary/aromatic N) is 2. The summed E-state index contributed by atoms with van der Waals surface area (Å²) in [5.41, 5.74) is 3.88. The fraction of sp³-hybridized carbons (Fsp3) is 0.577. The Bertz CT molecular complexity index is 1140. The summed E-state index contributed by atoms with van der Waals surface area (Å²) in [7, 11) is 0. The van der Waals surface area contributed by atoms with E-state index in [0.29, 0.717) is 56.0 Å². The van der Waals surface area contributed by atoms with Crippen molar-refractivity contribution in [1.82, 2.24) is 9.80 Å². The number of amides is 1. The van der Waals surface area contributed by atoms with Crippen LogP contribution in [0.2, 0.25) is 0 Å². The highest BCUT2D eigenvalue weighted by Gasteiger charge is 2.56. The van der Waals surface area contributed by atoms with Crippen molar-refractivity contribution in [2.45, 2.75) is 57.9 Å². The molecule has 1 aromatic carbocycles. The van der Waals surface area contributed by atoms with Crippen LogP contribution in [0, 0.1) is 12.3 Å². The maximum atomic E-state index is 13.7. The highest BCUT2D eigenvalue weighted by atomic mass is 16.5. The number of morpholine rings is 1. The molecule has 4 atom stereocenters. The minimum Gasteiger partial charge on any atom is -0.457 e. The fourth-order valence-electron chi connectivity index (χ4n) is 6.70. The Balaban J connectivity index is 1.21.